The second-order valence-electron chi connectivity index (χ2n) is 4.78. The zero-order chi connectivity index (χ0) is 17.0. The molecule has 0 atom stereocenters. The van der Waals surface area contributed by atoms with Crippen molar-refractivity contribution in [2.75, 3.05) is 19.0 Å². The Hall–Kier alpha value is -2.54. The number of anilines is 1. The van der Waals surface area contributed by atoms with Crippen molar-refractivity contribution >= 4 is 28.2 Å². The molecule has 6 nitrogen and oxygen atoms in total. The number of nitrogens with one attached hydrogen (secondary N) is 1. The Morgan fingerprint density at radius 2 is 1.87 bits per heavy atom. The van der Waals surface area contributed by atoms with Gasteiger partial charge in [0.05, 0.1) is 12.7 Å². The third kappa shape index (κ3) is 3.81. The van der Waals surface area contributed by atoms with Crippen LogP contribution in [-0.4, -0.2) is 30.7 Å². The molecule has 1 heterocycles. The maximum absolute atomic E-state index is 12.0. The molecule has 0 saturated heterocycles. The number of methoxy groups -OCH3 is 1. The van der Waals surface area contributed by atoms with E-state index >= 15 is 0 Å². The van der Waals surface area contributed by atoms with Gasteiger partial charge in [-0.3, -0.25) is 4.79 Å². The van der Waals surface area contributed by atoms with Crippen molar-refractivity contribution in [3.8, 4) is 11.5 Å². The number of carbonyl (C=O) groups excluding carboxylic acids is 1. The summed E-state index contributed by atoms with van der Waals surface area (Å²) in [5.41, 5.74) is 0.779. The van der Waals surface area contributed by atoms with Crippen LogP contribution in [0.4, 0.5) is 5.00 Å². The molecule has 0 bridgehead atoms. The van der Waals surface area contributed by atoms with Crippen molar-refractivity contribution in [1.82, 2.24) is 0 Å². The van der Waals surface area contributed by atoms with Crippen LogP contribution in [0.25, 0.3) is 0 Å². The smallest absolute Gasteiger partial charge is 0.338 e. The number of ether oxygens (including phenoxy) is 2. The minimum absolute atomic E-state index is 0.123. The Bertz CT molecular complexity index is 738. The summed E-state index contributed by atoms with van der Waals surface area (Å²) >= 11 is 1.23. The van der Waals surface area contributed by atoms with E-state index in [0.29, 0.717) is 22.1 Å². The highest BCUT2D eigenvalue weighted by atomic mass is 32.1. The third-order valence-electron chi connectivity index (χ3n) is 3.28. The van der Waals surface area contributed by atoms with Crippen LogP contribution in [0, 0.1) is 13.8 Å². The molecule has 1 aromatic carbocycles. The summed E-state index contributed by atoms with van der Waals surface area (Å²) in [5.74, 6) is -0.524. The number of hydrogen-bond donors (Lipinski definition) is 2. The molecule has 0 aliphatic carbocycles. The van der Waals surface area contributed by atoms with Crippen molar-refractivity contribution < 1.29 is 24.2 Å². The maximum atomic E-state index is 12.0. The SMILES string of the molecule is COc1ccccc1OCC(=O)Nc1sc(C)c(C)c1C(=O)O. The van der Waals surface area contributed by atoms with Gasteiger partial charge >= 0.3 is 5.97 Å². The number of carboxylic acid groups (broad SMARTS) is 1. The molecule has 1 aromatic heterocycles. The summed E-state index contributed by atoms with van der Waals surface area (Å²) in [6.45, 7) is 3.29. The first-order chi connectivity index (χ1) is 10.9. The number of carbonyl (C=O) groups is 2. The number of benzene rings is 1. The van der Waals surface area contributed by atoms with Crippen molar-refractivity contribution in [3.63, 3.8) is 0 Å². The van der Waals surface area contributed by atoms with Gasteiger partial charge in [0.2, 0.25) is 0 Å². The number of hydrogen-bond acceptors (Lipinski definition) is 5. The normalized spacial score (nSPS) is 10.2. The number of amides is 1. The third-order valence-corrected chi connectivity index (χ3v) is 4.40. The van der Waals surface area contributed by atoms with Gasteiger partial charge in [-0.25, -0.2) is 4.79 Å². The fourth-order valence-corrected chi connectivity index (χ4v) is 3.09. The fourth-order valence-electron chi connectivity index (χ4n) is 2.02. The molecule has 0 spiro atoms. The summed E-state index contributed by atoms with van der Waals surface area (Å²) in [4.78, 5) is 24.2. The van der Waals surface area contributed by atoms with E-state index in [1.807, 2.05) is 6.92 Å². The quantitative estimate of drug-likeness (QED) is 0.847. The monoisotopic (exact) mass is 335 g/mol. The average Bonchev–Trinajstić information content (AvgIpc) is 2.79. The molecule has 122 valence electrons. The molecular weight excluding hydrogens is 318 g/mol. The van der Waals surface area contributed by atoms with Gasteiger partial charge in [-0.2, -0.15) is 0 Å². The van der Waals surface area contributed by atoms with E-state index in [1.54, 1.807) is 31.2 Å². The van der Waals surface area contributed by atoms with Crippen LogP contribution in [0.3, 0.4) is 0 Å². The van der Waals surface area contributed by atoms with Gasteiger partial charge in [-0.15, -0.1) is 11.3 Å². The van der Waals surface area contributed by atoms with E-state index in [2.05, 4.69) is 5.32 Å². The van der Waals surface area contributed by atoms with Crippen molar-refractivity contribution in [2.45, 2.75) is 13.8 Å². The summed E-state index contributed by atoms with van der Waals surface area (Å²) in [6, 6.07) is 6.97. The molecule has 7 heteroatoms. The van der Waals surface area contributed by atoms with Crippen molar-refractivity contribution in [1.29, 1.82) is 0 Å². The van der Waals surface area contributed by atoms with Crippen LogP contribution >= 0.6 is 11.3 Å². The van der Waals surface area contributed by atoms with Gasteiger partial charge in [0.1, 0.15) is 5.00 Å². The van der Waals surface area contributed by atoms with E-state index in [4.69, 9.17) is 9.47 Å². The van der Waals surface area contributed by atoms with Crippen LogP contribution in [0.15, 0.2) is 24.3 Å². The second-order valence-corrected chi connectivity index (χ2v) is 6.00. The lowest BCUT2D eigenvalue weighted by Gasteiger charge is -2.10. The second kappa shape index (κ2) is 7.15. The van der Waals surface area contributed by atoms with Gasteiger partial charge in [0.15, 0.2) is 18.1 Å². The molecule has 0 radical (unpaired) electrons. The van der Waals surface area contributed by atoms with Gasteiger partial charge in [-0.1, -0.05) is 12.1 Å². The molecule has 0 unspecified atom stereocenters. The standard InChI is InChI=1S/C16H17NO5S/c1-9-10(2)23-15(14(9)16(19)20)17-13(18)8-22-12-7-5-4-6-11(12)21-3/h4-7H,8H2,1-3H3,(H,17,18)(H,19,20). The number of rotatable bonds is 6. The predicted octanol–water partition coefficient (Wildman–Crippen LogP) is 3.09. The van der Waals surface area contributed by atoms with E-state index in [-0.39, 0.29) is 12.2 Å². The van der Waals surface area contributed by atoms with Crippen LogP contribution in [0.5, 0.6) is 11.5 Å². The first-order valence-electron chi connectivity index (χ1n) is 6.83. The topological polar surface area (TPSA) is 84.9 Å². The first-order valence-corrected chi connectivity index (χ1v) is 7.64. The molecule has 0 fully saturated rings. The van der Waals surface area contributed by atoms with Gasteiger partial charge in [0, 0.05) is 4.88 Å². The fraction of sp³-hybridized carbons (Fsp3) is 0.250. The zero-order valence-corrected chi connectivity index (χ0v) is 13.8. The summed E-state index contributed by atoms with van der Waals surface area (Å²) < 4.78 is 10.6. The highest BCUT2D eigenvalue weighted by Gasteiger charge is 2.20. The Morgan fingerprint density at radius 1 is 1.22 bits per heavy atom. The molecule has 2 rings (SSSR count). The van der Waals surface area contributed by atoms with Gasteiger partial charge in [0.25, 0.3) is 5.91 Å². The summed E-state index contributed by atoms with van der Waals surface area (Å²) in [6.07, 6.45) is 0. The predicted molar refractivity (Wildman–Crippen MR) is 87.9 cm³/mol. The summed E-state index contributed by atoms with van der Waals surface area (Å²) in [7, 11) is 1.51. The van der Waals surface area contributed by atoms with E-state index in [9.17, 15) is 14.7 Å². The molecule has 0 saturated carbocycles. The molecule has 0 aliphatic heterocycles. The Morgan fingerprint density at radius 3 is 2.48 bits per heavy atom. The minimum Gasteiger partial charge on any atom is -0.493 e. The van der Waals surface area contributed by atoms with Crippen LogP contribution in [0.1, 0.15) is 20.8 Å². The zero-order valence-electron chi connectivity index (χ0n) is 13.0. The first kappa shape index (κ1) is 16.8. The number of thiophene rings is 1. The molecular formula is C16H17NO5S. The number of carboxylic acids is 1. The number of aromatic carboxylic acids is 1. The van der Waals surface area contributed by atoms with Crippen LogP contribution in [-0.2, 0) is 4.79 Å². The highest BCUT2D eigenvalue weighted by Crippen LogP contribution is 2.32. The largest absolute Gasteiger partial charge is 0.493 e. The molecule has 2 N–H and O–H groups in total. The van der Waals surface area contributed by atoms with E-state index in [0.717, 1.165) is 4.88 Å². The number of aryl methyl sites for hydroxylation is 1. The average molecular weight is 335 g/mol. The lowest BCUT2D eigenvalue weighted by Crippen LogP contribution is -2.21. The molecule has 23 heavy (non-hydrogen) atoms. The number of para-hydroxylation sites is 2. The Kier molecular flexibility index (Phi) is 5.23. The van der Waals surface area contributed by atoms with E-state index < -0.39 is 11.9 Å². The van der Waals surface area contributed by atoms with Crippen molar-refractivity contribution in [2.24, 2.45) is 0 Å². The molecule has 0 aliphatic rings. The molecule has 1 amide bonds. The van der Waals surface area contributed by atoms with Crippen molar-refractivity contribution in [3.05, 3.63) is 40.3 Å². The van der Waals surface area contributed by atoms with Crippen LogP contribution < -0.4 is 14.8 Å². The maximum Gasteiger partial charge on any atom is 0.338 e. The lowest BCUT2D eigenvalue weighted by molar-refractivity contribution is -0.118. The van der Waals surface area contributed by atoms with Gasteiger partial charge in [-0.05, 0) is 31.5 Å². The lowest BCUT2D eigenvalue weighted by atomic mass is 10.1. The molecule has 2 aromatic rings. The highest BCUT2D eigenvalue weighted by molar-refractivity contribution is 7.16. The Balaban J connectivity index is 2.06. The van der Waals surface area contributed by atoms with E-state index in [1.165, 1.54) is 18.4 Å². The summed E-state index contributed by atoms with van der Waals surface area (Å²) in [5, 5.41) is 12.2. The van der Waals surface area contributed by atoms with Gasteiger partial charge < -0.3 is 19.9 Å². The Labute approximate surface area is 137 Å². The van der Waals surface area contributed by atoms with Crippen LogP contribution in [0.2, 0.25) is 0 Å². The minimum atomic E-state index is -1.06.